The van der Waals surface area contributed by atoms with Gasteiger partial charge in [0.15, 0.2) is 0 Å². The molecular weight excluding hydrogens is 242 g/mol. The second kappa shape index (κ2) is 6.04. The standard InChI is InChI=1S/C14H17N3O2/c1-17-10-12(9-15-17)16-14(18)7-6-11-4-3-5-13(8-11)19-2/h3-5,8-10H,6-7H2,1-2H3,(H,16,18). The number of aryl methyl sites for hydroxylation is 2. The van der Waals surface area contributed by atoms with Crippen molar-refractivity contribution in [3.8, 4) is 5.75 Å². The molecule has 1 aromatic heterocycles. The van der Waals surface area contributed by atoms with Crippen molar-refractivity contribution in [3.63, 3.8) is 0 Å². The highest BCUT2D eigenvalue weighted by Crippen LogP contribution is 2.14. The van der Waals surface area contributed by atoms with E-state index in [2.05, 4.69) is 10.4 Å². The van der Waals surface area contributed by atoms with Crippen LogP contribution in [0.1, 0.15) is 12.0 Å². The van der Waals surface area contributed by atoms with Crippen molar-refractivity contribution in [2.75, 3.05) is 12.4 Å². The van der Waals surface area contributed by atoms with Crippen LogP contribution in [0.25, 0.3) is 0 Å². The van der Waals surface area contributed by atoms with Crippen molar-refractivity contribution in [1.29, 1.82) is 0 Å². The van der Waals surface area contributed by atoms with E-state index < -0.39 is 0 Å². The molecule has 1 heterocycles. The number of hydrogen-bond donors (Lipinski definition) is 1. The maximum absolute atomic E-state index is 11.8. The predicted octanol–water partition coefficient (Wildman–Crippen LogP) is 2.00. The Balaban J connectivity index is 1.86. The summed E-state index contributed by atoms with van der Waals surface area (Å²) in [6.07, 6.45) is 4.51. The van der Waals surface area contributed by atoms with Gasteiger partial charge in [-0.15, -0.1) is 0 Å². The monoisotopic (exact) mass is 259 g/mol. The van der Waals surface area contributed by atoms with Crippen LogP contribution < -0.4 is 10.1 Å². The molecule has 5 heteroatoms. The van der Waals surface area contributed by atoms with Gasteiger partial charge in [0.25, 0.3) is 0 Å². The van der Waals surface area contributed by atoms with Crippen LogP contribution >= 0.6 is 0 Å². The fraction of sp³-hybridized carbons (Fsp3) is 0.286. The number of aromatic nitrogens is 2. The fourth-order valence-corrected chi connectivity index (χ4v) is 1.80. The molecule has 5 nitrogen and oxygen atoms in total. The predicted molar refractivity (Wildman–Crippen MR) is 73.2 cm³/mol. The zero-order valence-electron chi connectivity index (χ0n) is 11.1. The Bertz CT molecular complexity index is 563. The van der Waals surface area contributed by atoms with E-state index in [0.717, 1.165) is 17.0 Å². The van der Waals surface area contributed by atoms with E-state index in [1.165, 1.54) is 0 Å². The summed E-state index contributed by atoms with van der Waals surface area (Å²) in [5, 5.41) is 6.80. The normalized spacial score (nSPS) is 10.2. The van der Waals surface area contributed by atoms with Gasteiger partial charge < -0.3 is 10.1 Å². The summed E-state index contributed by atoms with van der Waals surface area (Å²) in [5.41, 5.74) is 1.80. The highest BCUT2D eigenvalue weighted by Gasteiger charge is 2.05. The molecule has 0 aliphatic carbocycles. The number of methoxy groups -OCH3 is 1. The molecule has 0 saturated heterocycles. The second-order valence-electron chi connectivity index (χ2n) is 4.30. The molecule has 0 atom stereocenters. The van der Waals surface area contributed by atoms with Crippen molar-refractivity contribution in [2.24, 2.45) is 7.05 Å². The fourth-order valence-electron chi connectivity index (χ4n) is 1.80. The van der Waals surface area contributed by atoms with Gasteiger partial charge in [-0.3, -0.25) is 9.48 Å². The van der Waals surface area contributed by atoms with Gasteiger partial charge in [-0.05, 0) is 24.1 Å². The summed E-state index contributed by atoms with van der Waals surface area (Å²) in [5.74, 6) is 0.793. The summed E-state index contributed by atoms with van der Waals surface area (Å²) >= 11 is 0. The van der Waals surface area contributed by atoms with Crippen LogP contribution in [-0.4, -0.2) is 22.8 Å². The van der Waals surface area contributed by atoms with Gasteiger partial charge in [-0.2, -0.15) is 5.10 Å². The molecule has 19 heavy (non-hydrogen) atoms. The highest BCUT2D eigenvalue weighted by atomic mass is 16.5. The Hall–Kier alpha value is -2.30. The molecule has 100 valence electrons. The lowest BCUT2D eigenvalue weighted by molar-refractivity contribution is -0.116. The van der Waals surface area contributed by atoms with Crippen molar-refractivity contribution < 1.29 is 9.53 Å². The molecule has 2 rings (SSSR count). The molecule has 0 fully saturated rings. The molecule has 0 radical (unpaired) electrons. The molecule has 0 aliphatic rings. The Morgan fingerprint density at radius 1 is 1.47 bits per heavy atom. The number of nitrogens with zero attached hydrogens (tertiary/aromatic N) is 2. The largest absolute Gasteiger partial charge is 0.497 e. The summed E-state index contributed by atoms with van der Waals surface area (Å²) in [4.78, 5) is 11.8. The summed E-state index contributed by atoms with van der Waals surface area (Å²) < 4.78 is 6.80. The first-order chi connectivity index (χ1) is 9.17. The first kappa shape index (κ1) is 13.1. The van der Waals surface area contributed by atoms with E-state index in [1.807, 2.05) is 31.3 Å². The molecule has 1 amide bonds. The van der Waals surface area contributed by atoms with Gasteiger partial charge in [0.2, 0.25) is 5.91 Å². The molecule has 0 spiro atoms. The molecular formula is C14H17N3O2. The second-order valence-corrected chi connectivity index (χ2v) is 4.30. The number of rotatable bonds is 5. The molecule has 0 bridgehead atoms. The van der Waals surface area contributed by atoms with Gasteiger partial charge in [-0.1, -0.05) is 12.1 Å². The molecule has 0 saturated carbocycles. The lowest BCUT2D eigenvalue weighted by Crippen LogP contribution is -2.11. The van der Waals surface area contributed by atoms with Gasteiger partial charge in [0.05, 0.1) is 19.0 Å². The lowest BCUT2D eigenvalue weighted by Gasteiger charge is -2.05. The van der Waals surface area contributed by atoms with E-state index in [0.29, 0.717) is 12.8 Å². The van der Waals surface area contributed by atoms with Crippen LogP contribution in [0, 0.1) is 0 Å². The number of carbonyl (C=O) groups is 1. The molecule has 2 aromatic rings. The molecule has 1 aromatic carbocycles. The molecule has 0 aliphatic heterocycles. The highest BCUT2D eigenvalue weighted by molar-refractivity contribution is 5.90. The average Bonchev–Trinajstić information content (AvgIpc) is 2.82. The topological polar surface area (TPSA) is 56.1 Å². The van der Waals surface area contributed by atoms with E-state index in [4.69, 9.17) is 4.74 Å². The van der Waals surface area contributed by atoms with E-state index in [9.17, 15) is 4.79 Å². The van der Waals surface area contributed by atoms with Gasteiger partial charge in [-0.25, -0.2) is 0 Å². The first-order valence-electron chi connectivity index (χ1n) is 6.09. The van der Waals surface area contributed by atoms with E-state index >= 15 is 0 Å². The van der Waals surface area contributed by atoms with Crippen LogP contribution in [-0.2, 0) is 18.3 Å². The number of anilines is 1. The molecule has 0 unspecified atom stereocenters. The van der Waals surface area contributed by atoms with Crippen LogP contribution in [0.3, 0.4) is 0 Å². The Morgan fingerprint density at radius 2 is 2.32 bits per heavy atom. The van der Waals surface area contributed by atoms with Gasteiger partial charge >= 0.3 is 0 Å². The van der Waals surface area contributed by atoms with Crippen molar-refractivity contribution in [3.05, 3.63) is 42.2 Å². The van der Waals surface area contributed by atoms with Crippen molar-refractivity contribution in [1.82, 2.24) is 9.78 Å². The van der Waals surface area contributed by atoms with Crippen molar-refractivity contribution in [2.45, 2.75) is 12.8 Å². The number of hydrogen-bond acceptors (Lipinski definition) is 3. The van der Waals surface area contributed by atoms with Crippen LogP contribution in [0.4, 0.5) is 5.69 Å². The third-order valence-electron chi connectivity index (χ3n) is 2.76. The molecule has 1 N–H and O–H groups in total. The number of amides is 1. The lowest BCUT2D eigenvalue weighted by atomic mass is 10.1. The number of carbonyl (C=O) groups excluding carboxylic acids is 1. The minimum absolute atomic E-state index is 0.0178. The van der Waals surface area contributed by atoms with E-state index in [-0.39, 0.29) is 5.91 Å². The number of benzene rings is 1. The van der Waals surface area contributed by atoms with Gasteiger partial charge in [0, 0.05) is 19.7 Å². The van der Waals surface area contributed by atoms with Gasteiger partial charge in [0.1, 0.15) is 5.75 Å². The number of nitrogens with one attached hydrogen (secondary N) is 1. The maximum Gasteiger partial charge on any atom is 0.224 e. The minimum Gasteiger partial charge on any atom is -0.497 e. The SMILES string of the molecule is COc1cccc(CCC(=O)Nc2cnn(C)c2)c1. The summed E-state index contributed by atoms with van der Waals surface area (Å²) in [7, 11) is 3.44. The third-order valence-corrected chi connectivity index (χ3v) is 2.76. The summed E-state index contributed by atoms with van der Waals surface area (Å²) in [6.45, 7) is 0. The van der Waals surface area contributed by atoms with Crippen LogP contribution in [0.2, 0.25) is 0 Å². The smallest absolute Gasteiger partial charge is 0.224 e. The van der Waals surface area contributed by atoms with Crippen LogP contribution in [0.15, 0.2) is 36.7 Å². The zero-order valence-corrected chi connectivity index (χ0v) is 11.1. The first-order valence-corrected chi connectivity index (χ1v) is 6.09. The quantitative estimate of drug-likeness (QED) is 0.893. The zero-order chi connectivity index (χ0) is 13.7. The van der Waals surface area contributed by atoms with Crippen molar-refractivity contribution >= 4 is 11.6 Å². The van der Waals surface area contributed by atoms with E-state index in [1.54, 1.807) is 24.2 Å². The summed E-state index contributed by atoms with van der Waals surface area (Å²) in [6, 6.07) is 7.74. The Kier molecular flexibility index (Phi) is 4.18. The third kappa shape index (κ3) is 3.84. The Labute approximate surface area is 112 Å². The van der Waals surface area contributed by atoms with Crippen LogP contribution in [0.5, 0.6) is 5.75 Å². The average molecular weight is 259 g/mol. The maximum atomic E-state index is 11.8. The minimum atomic E-state index is -0.0178. The Morgan fingerprint density at radius 3 is 3.00 bits per heavy atom. The number of ether oxygens (including phenoxy) is 1.